The largest absolute Gasteiger partial charge is 0.457 e. The molecule has 0 bridgehead atoms. The van der Waals surface area contributed by atoms with Crippen molar-refractivity contribution >= 4 is 46.8 Å². The quantitative estimate of drug-likeness (QED) is 0.219. The number of hydrogen-bond acceptors (Lipinski definition) is 6. The van der Waals surface area contributed by atoms with Crippen molar-refractivity contribution in [2.75, 3.05) is 0 Å². The van der Waals surface area contributed by atoms with Gasteiger partial charge in [0.1, 0.15) is 11.5 Å². The molecular formula is C21H12Cl2N2O5. The lowest BCUT2D eigenvalue weighted by Gasteiger charge is -2.01. The van der Waals surface area contributed by atoms with Crippen LogP contribution < -0.4 is 0 Å². The maximum Gasteiger partial charge on any atom is 0.363 e. The van der Waals surface area contributed by atoms with Crippen molar-refractivity contribution < 1.29 is 18.9 Å². The minimum absolute atomic E-state index is 0.00869. The van der Waals surface area contributed by atoms with Gasteiger partial charge in [0.25, 0.3) is 5.69 Å². The third-order valence-corrected chi connectivity index (χ3v) is 5.12. The number of ether oxygens (including phenoxy) is 1. The summed E-state index contributed by atoms with van der Waals surface area (Å²) in [6.45, 7) is 1.62. The molecule has 0 unspecified atom stereocenters. The Morgan fingerprint density at radius 1 is 1.03 bits per heavy atom. The van der Waals surface area contributed by atoms with Gasteiger partial charge in [-0.05, 0) is 43.3 Å². The van der Waals surface area contributed by atoms with Crippen LogP contribution in [-0.4, -0.2) is 16.8 Å². The predicted octanol–water partition coefficient (Wildman–Crippen LogP) is 5.81. The molecule has 3 aromatic rings. The average molecular weight is 443 g/mol. The van der Waals surface area contributed by atoms with E-state index >= 15 is 0 Å². The van der Waals surface area contributed by atoms with Gasteiger partial charge in [0.05, 0.1) is 15.0 Å². The SMILES string of the molecule is Cc1ccc(C2=N/C(=C\c3ccc(-c4ccc(Cl)c(Cl)c4)o3)C(=O)O2)cc1[N+](=O)[O-]. The fourth-order valence-electron chi connectivity index (χ4n) is 2.84. The first-order valence-corrected chi connectivity index (χ1v) is 9.40. The number of carbonyl (C=O) groups is 1. The third-order valence-electron chi connectivity index (χ3n) is 4.38. The van der Waals surface area contributed by atoms with Crippen LogP contribution in [0.4, 0.5) is 5.69 Å². The smallest absolute Gasteiger partial charge is 0.363 e. The molecule has 4 rings (SSSR count). The van der Waals surface area contributed by atoms with Crippen LogP contribution in [0.15, 0.2) is 63.6 Å². The summed E-state index contributed by atoms with van der Waals surface area (Å²) in [7, 11) is 0. The number of furan rings is 1. The number of halogens is 2. The molecule has 0 radical (unpaired) electrons. The van der Waals surface area contributed by atoms with Gasteiger partial charge in [0.2, 0.25) is 5.90 Å². The first-order chi connectivity index (χ1) is 14.3. The van der Waals surface area contributed by atoms with Gasteiger partial charge in [0.15, 0.2) is 5.70 Å². The molecule has 9 heteroatoms. The van der Waals surface area contributed by atoms with Gasteiger partial charge in [0, 0.05) is 28.8 Å². The number of aliphatic imine (C=N–C) groups is 1. The highest BCUT2D eigenvalue weighted by Crippen LogP contribution is 2.30. The molecule has 7 nitrogen and oxygen atoms in total. The lowest BCUT2D eigenvalue weighted by molar-refractivity contribution is -0.385. The van der Waals surface area contributed by atoms with Gasteiger partial charge in [-0.15, -0.1) is 0 Å². The molecule has 0 saturated heterocycles. The van der Waals surface area contributed by atoms with Gasteiger partial charge >= 0.3 is 5.97 Å². The van der Waals surface area contributed by atoms with Gasteiger partial charge in [-0.1, -0.05) is 29.3 Å². The number of hydrogen-bond donors (Lipinski definition) is 0. The van der Waals surface area contributed by atoms with Crippen LogP contribution in [0, 0.1) is 17.0 Å². The van der Waals surface area contributed by atoms with E-state index in [1.807, 2.05) is 0 Å². The van der Waals surface area contributed by atoms with Gasteiger partial charge < -0.3 is 9.15 Å². The van der Waals surface area contributed by atoms with E-state index in [0.717, 1.165) is 5.56 Å². The van der Waals surface area contributed by atoms with Gasteiger partial charge in [-0.2, -0.15) is 0 Å². The highest BCUT2D eigenvalue weighted by molar-refractivity contribution is 6.42. The molecule has 30 heavy (non-hydrogen) atoms. The second-order valence-corrected chi connectivity index (χ2v) is 7.24. The number of esters is 1. The van der Waals surface area contributed by atoms with Crippen LogP contribution >= 0.6 is 23.2 Å². The topological polar surface area (TPSA) is 94.9 Å². The molecule has 2 aromatic carbocycles. The molecular weight excluding hydrogens is 431 g/mol. The van der Waals surface area contributed by atoms with Crippen LogP contribution in [0.2, 0.25) is 10.0 Å². The number of nitro groups is 1. The minimum atomic E-state index is -0.680. The fourth-order valence-corrected chi connectivity index (χ4v) is 3.14. The highest BCUT2D eigenvalue weighted by atomic mass is 35.5. The lowest BCUT2D eigenvalue weighted by Crippen LogP contribution is -2.06. The summed E-state index contributed by atoms with van der Waals surface area (Å²) in [5, 5.41) is 12.0. The lowest BCUT2D eigenvalue weighted by atomic mass is 10.1. The second kappa shape index (κ2) is 7.78. The standard InChI is InChI=1S/C21H12Cl2N2O5/c1-11-2-3-13(9-18(11)25(27)28)20-24-17(21(26)30-20)10-14-5-7-19(29-14)12-4-6-15(22)16(23)8-12/h2-10H,1H3/b17-10-. The first-order valence-electron chi connectivity index (χ1n) is 8.65. The van der Waals surface area contributed by atoms with Crippen LogP contribution in [0.1, 0.15) is 16.9 Å². The maximum atomic E-state index is 12.2. The van der Waals surface area contributed by atoms with Crippen molar-refractivity contribution in [2.24, 2.45) is 4.99 Å². The molecule has 0 amide bonds. The Morgan fingerprint density at radius 2 is 1.80 bits per heavy atom. The molecule has 1 aromatic heterocycles. The van der Waals surface area contributed by atoms with E-state index in [1.54, 1.807) is 49.4 Å². The minimum Gasteiger partial charge on any atom is -0.457 e. The number of benzene rings is 2. The third kappa shape index (κ3) is 3.85. The summed E-state index contributed by atoms with van der Waals surface area (Å²) < 4.78 is 10.9. The zero-order valence-electron chi connectivity index (χ0n) is 15.4. The number of cyclic esters (lactones) is 1. The number of nitro benzene ring substituents is 1. The zero-order chi connectivity index (χ0) is 21.4. The van der Waals surface area contributed by atoms with E-state index in [0.29, 0.717) is 32.7 Å². The Hall–Kier alpha value is -3.42. The number of aryl methyl sites for hydroxylation is 1. The Kier molecular flexibility index (Phi) is 5.15. The first kappa shape index (κ1) is 19.9. The van der Waals surface area contributed by atoms with E-state index in [-0.39, 0.29) is 17.3 Å². The molecule has 0 spiro atoms. The summed E-state index contributed by atoms with van der Waals surface area (Å²) >= 11 is 12.0. The van der Waals surface area contributed by atoms with Gasteiger partial charge in [-0.3, -0.25) is 10.1 Å². The Morgan fingerprint density at radius 3 is 2.53 bits per heavy atom. The Bertz CT molecular complexity index is 1260. The molecule has 1 aliphatic heterocycles. The summed E-state index contributed by atoms with van der Waals surface area (Å²) in [5.74, 6) is 0.222. The van der Waals surface area contributed by atoms with Crippen molar-refractivity contribution in [3.8, 4) is 11.3 Å². The van der Waals surface area contributed by atoms with Crippen molar-refractivity contribution in [3.05, 3.63) is 91.3 Å². The normalized spacial score (nSPS) is 14.7. The van der Waals surface area contributed by atoms with Crippen LogP contribution in [0.3, 0.4) is 0 Å². The molecule has 150 valence electrons. The number of nitrogens with zero attached hydrogens (tertiary/aromatic N) is 2. The van der Waals surface area contributed by atoms with Crippen LogP contribution in [0.25, 0.3) is 17.4 Å². The van der Waals surface area contributed by atoms with E-state index < -0.39 is 10.9 Å². The molecule has 0 atom stereocenters. The summed E-state index contributed by atoms with van der Waals surface area (Å²) in [5.41, 5.74) is 1.48. The highest BCUT2D eigenvalue weighted by Gasteiger charge is 2.26. The average Bonchev–Trinajstić information content (AvgIpc) is 3.31. The Balaban J connectivity index is 1.63. The van der Waals surface area contributed by atoms with E-state index in [4.69, 9.17) is 32.4 Å². The zero-order valence-corrected chi connectivity index (χ0v) is 16.9. The second-order valence-electron chi connectivity index (χ2n) is 6.43. The van der Waals surface area contributed by atoms with Crippen molar-refractivity contribution in [1.82, 2.24) is 0 Å². The van der Waals surface area contributed by atoms with E-state index in [1.165, 1.54) is 12.1 Å². The van der Waals surface area contributed by atoms with Crippen molar-refractivity contribution in [1.29, 1.82) is 0 Å². The van der Waals surface area contributed by atoms with Crippen molar-refractivity contribution in [2.45, 2.75) is 6.92 Å². The molecule has 0 fully saturated rings. The predicted molar refractivity (Wildman–Crippen MR) is 113 cm³/mol. The molecule has 2 heterocycles. The Labute approximate surface area is 180 Å². The molecule has 0 N–H and O–H groups in total. The molecule has 0 aliphatic carbocycles. The fraction of sp³-hybridized carbons (Fsp3) is 0.0476. The molecule has 1 aliphatic rings. The van der Waals surface area contributed by atoms with Crippen LogP contribution in [0.5, 0.6) is 0 Å². The van der Waals surface area contributed by atoms with E-state index in [2.05, 4.69) is 4.99 Å². The van der Waals surface area contributed by atoms with E-state index in [9.17, 15) is 14.9 Å². The summed E-state index contributed by atoms with van der Waals surface area (Å²) in [4.78, 5) is 27.0. The van der Waals surface area contributed by atoms with Gasteiger partial charge in [-0.25, -0.2) is 9.79 Å². The monoisotopic (exact) mass is 442 g/mol. The summed E-state index contributed by atoms with van der Waals surface area (Å²) in [6, 6.07) is 13.0. The summed E-state index contributed by atoms with van der Waals surface area (Å²) in [6.07, 6.45) is 1.43. The number of rotatable bonds is 4. The molecule has 0 saturated carbocycles. The maximum absolute atomic E-state index is 12.2. The van der Waals surface area contributed by atoms with Crippen LogP contribution in [-0.2, 0) is 9.53 Å². The van der Waals surface area contributed by atoms with Crippen molar-refractivity contribution in [3.63, 3.8) is 0 Å². The number of carbonyl (C=O) groups excluding carboxylic acids is 1.